The first-order valence-corrected chi connectivity index (χ1v) is 9.21. The molecule has 26 heavy (non-hydrogen) atoms. The Hall–Kier alpha value is -2.11. The first kappa shape index (κ1) is 20.2. The van der Waals surface area contributed by atoms with Crippen molar-refractivity contribution in [2.45, 2.75) is 33.7 Å². The van der Waals surface area contributed by atoms with Gasteiger partial charge in [0.15, 0.2) is 5.11 Å². The van der Waals surface area contributed by atoms with Crippen molar-refractivity contribution in [3.63, 3.8) is 0 Å². The zero-order valence-corrected chi connectivity index (χ0v) is 16.9. The number of rotatable bonds is 5. The molecule has 2 aromatic rings. The third-order valence-corrected chi connectivity index (χ3v) is 4.63. The summed E-state index contributed by atoms with van der Waals surface area (Å²) < 4.78 is 4.97. The standard InChI is InChI=1S/C20H23ClN2O2S/c1-5-25-19(24)17-9-8-16(11-18(17)21)23-20(26)22-14(4)15-7-6-12(2)13(3)10-15/h6-11,14H,5H2,1-4H3,(H2,22,23,26). The molecule has 0 bridgehead atoms. The molecule has 0 aromatic heterocycles. The largest absolute Gasteiger partial charge is 0.462 e. The average molecular weight is 391 g/mol. The van der Waals surface area contributed by atoms with E-state index >= 15 is 0 Å². The van der Waals surface area contributed by atoms with Crippen LogP contribution < -0.4 is 10.6 Å². The fraction of sp³-hybridized carbons (Fsp3) is 0.300. The van der Waals surface area contributed by atoms with Gasteiger partial charge in [0.25, 0.3) is 0 Å². The van der Waals surface area contributed by atoms with Crippen molar-refractivity contribution in [2.24, 2.45) is 0 Å². The minimum absolute atomic E-state index is 0.0589. The zero-order chi connectivity index (χ0) is 19.3. The quantitative estimate of drug-likeness (QED) is 0.544. The van der Waals surface area contributed by atoms with Crippen LogP contribution in [-0.4, -0.2) is 17.7 Å². The van der Waals surface area contributed by atoms with Gasteiger partial charge in [-0.2, -0.15) is 0 Å². The molecule has 2 aromatic carbocycles. The van der Waals surface area contributed by atoms with Gasteiger partial charge in [0, 0.05) is 5.69 Å². The van der Waals surface area contributed by atoms with Crippen molar-refractivity contribution in [1.29, 1.82) is 0 Å². The summed E-state index contributed by atoms with van der Waals surface area (Å²) >= 11 is 11.6. The molecule has 0 spiro atoms. The summed E-state index contributed by atoms with van der Waals surface area (Å²) in [6.45, 7) is 8.29. The Morgan fingerprint density at radius 2 is 1.92 bits per heavy atom. The molecule has 0 saturated carbocycles. The van der Waals surface area contributed by atoms with E-state index in [2.05, 4.69) is 49.6 Å². The van der Waals surface area contributed by atoms with Gasteiger partial charge in [0.1, 0.15) is 0 Å². The summed E-state index contributed by atoms with van der Waals surface area (Å²) in [5.74, 6) is -0.437. The van der Waals surface area contributed by atoms with Crippen LogP contribution in [0.15, 0.2) is 36.4 Å². The number of benzene rings is 2. The highest BCUT2D eigenvalue weighted by molar-refractivity contribution is 7.80. The maximum Gasteiger partial charge on any atom is 0.339 e. The van der Waals surface area contributed by atoms with Crippen LogP contribution in [0.5, 0.6) is 0 Å². The molecule has 0 radical (unpaired) electrons. The maximum atomic E-state index is 11.8. The lowest BCUT2D eigenvalue weighted by Gasteiger charge is -2.18. The van der Waals surface area contributed by atoms with Crippen molar-refractivity contribution in [3.8, 4) is 0 Å². The Balaban J connectivity index is 2.02. The number of thiocarbonyl (C=S) groups is 1. The van der Waals surface area contributed by atoms with Crippen LogP contribution in [0.3, 0.4) is 0 Å². The van der Waals surface area contributed by atoms with E-state index in [1.54, 1.807) is 25.1 Å². The Morgan fingerprint density at radius 1 is 1.19 bits per heavy atom. The van der Waals surface area contributed by atoms with Crippen LogP contribution in [0.25, 0.3) is 0 Å². The SMILES string of the molecule is CCOC(=O)c1ccc(NC(=S)NC(C)c2ccc(C)c(C)c2)cc1Cl. The van der Waals surface area contributed by atoms with Crippen LogP contribution >= 0.6 is 23.8 Å². The van der Waals surface area contributed by atoms with E-state index in [1.807, 2.05) is 0 Å². The van der Waals surface area contributed by atoms with E-state index in [-0.39, 0.29) is 6.04 Å². The number of ether oxygens (including phenoxy) is 1. The van der Waals surface area contributed by atoms with E-state index in [0.717, 1.165) is 5.56 Å². The number of hydrogen-bond acceptors (Lipinski definition) is 3. The van der Waals surface area contributed by atoms with Crippen LogP contribution in [0.4, 0.5) is 5.69 Å². The van der Waals surface area contributed by atoms with Crippen LogP contribution in [0.2, 0.25) is 5.02 Å². The van der Waals surface area contributed by atoms with E-state index in [4.69, 9.17) is 28.6 Å². The van der Waals surface area contributed by atoms with Gasteiger partial charge in [-0.15, -0.1) is 0 Å². The van der Waals surface area contributed by atoms with E-state index in [9.17, 15) is 4.79 Å². The smallest absolute Gasteiger partial charge is 0.339 e. The molecule has 0 saturated heterocycles. The third-order valence-electron chi connectivity index (χ3n) is 4.10. The van der Waals surface area contributed by atoms with Gasteiger partial charge in [-0.25, -0.2) is 4.79 Å². The summed E-state index contributed by atoms with van der Waals surface area (Å²) in [6.07, 6.45) is 0. The molecule has 0 fully saturated rings. The predicted molar refractivity (Wildman–Crippen MR) is 111 cm³/mol. The van der Waals surface area contributed by atoms with Gasteiger partial charge in [0.2, 0.25) is 0 Å². The monoisotopic (exact) mass is 390 g/mol. The van der Waals surface area contributed by atoms with Gasteiger partial charge in [-0.05, 0) is 74.8 Å². The number of carbonyl (C=O) groups is 1. The van der Waals surface area contributed by atoms with Crippen molar-refractivity contribution < 1.29 is 9.53 Å². The summed E-state index contributed by atoms with van der Waals surface area (Å²) in [7, 11) is 0. The van der Waals surface area contributed by atoms with Gasteiger partial charge in [-0.3, -0.25) is 0 Å². The number of anilines is 1. The fourth-order valence-corrected chi connectivity index (χ4v) is 3.00. The fourth-order valence-electron chi connectivity index (χ4n) is 2.45. The molecule has 6 heteroatoms. The Morgan fingerprint density at radius 3 is 2.54 bits per heavy atom. The summed E-state index contributed by atoms with van der Waals surface area (Å²) in [5, 5.41) is 7.15. The Bertz CT molecular complexity index is 823. The minimum atomic E-state index is -0.437. The van der Waals surface area contributed by atoms with Crippen LogP contribution in [-0.2, 0) is 4.74 Å². The van der Waals surface area contributed by atoms with Crippen molar-refractivity contribution >= 4 is 40.6 Å². The highest BCUT2D eigenvalue weighted by Gasteiger charge is 2.13. The van der Waals surface area contributed by atoms with E-state index in [1.165, 1.54) is 11.1 Å². The number of aryl methyl sites for hydroxylation is 2. The molecule has 2 N–H and O–H groups in total. The first-order valence-electron chi connectivity index (χ1n) is 8.43. The second kappa shape index (κ2) is 9.01. The lowest BCUT2D eigenvalue weighted by molar-refractivity contribution is 0.0526. The summed E-state index contributed by atoms with van der Waals surface area (Å²) in [5.41, 5.74) is 4.71. The number of nitrogens with one attached hydrogen (secondary N) is 2. The molecular formula is C20H23ClN2O2S. The highest BCUT2D eigenvalue weighted by atomic mass is 35.5. The second-order valence-corrected chi connectivity index (χ2v) is 6.89. The lowest BCUT2D eigenvalue weighted by atomic mass is 10.0. The molecule has 138 valence electrons. The predicted octanol–water partition coefficient (Wildman–Crippen LogP) is 5.18. The topological polar surface area (TPSA) is 50.4 Å². The molecule has 0 amide bonds. The number of hydrogen-bond donors (Lipinski definition) is 2. The van der Waals surface area contributed by atoms with E-state index < -0.39 is 5.97 Å². The molecule has 0 aliphatic rings. The molecule has 0 aliphatic heterocycles. The lowest BCUT2D eigenvalue weighted by Crippen LogP contribution is -2.31. The molecule has 4 nitrogen and oxygen atoms in total. The van der Waals surface area contributed by atoms with E-state index in [0.29, 0.717) is 28.0 Å². The Kier molecular flexibility index (Phi) is 7.00. The molecular weight excluding hydrogens is 368 g/mol. The molecule has 0 heterocycles. The van der Waals surface area contributed by atoms with Crippen LogP contribution in [0, 0.1) is 13.8 Å². The summed E-state index contributed by atoms with van der Waals surface area (Å²) in [4.78, 5) is 11.8. The number of halogens is 1. The molecule has 1 atom stereocenters. The van der Waals surface area contributed by atoms with Crippen molar-refractivity contribution in [1.82, 2.24) is 5.32 Å². The second-order valence-electron chi connectivity index (χ2n) is 6.08. The Labute approximate surface area is 164 Å². The first-order chi connectivity index (χ1) is 12.3. The zero-order valence-electron chi connectivity index (χ0n) is 15.4. The average Bonchev–Trinajstić information content (AvgIpc) is 2.57. The van der Waals surface area contributed by atoms with Crippen molar-refractivity contribution in [3.05, 3.63) is 63.7 Å². The maximum absolute atomic E-state index is 11.8. The van der Waals surface area contributed by atoms with Gasteiger partial charge in [-0.1, -0.05) is 29.8 Å². The number of carbonyl (C=O) groups excluding carboxylic acids is 1. The normalized spacial score (nSPS) is 11.6. The summed E-state index contributed by atoms with van der Waals surface area (Å²) in [6, 6.07) is 11.4. The highest BCUT2D eigenvalue weighted by Crippen LogP contribution is 2.22. The molecule has 1 unspecified atom stereocenters. The third kappa shape index (κ3) is 5.19. The number of esters is 1. The van der Waals surface area contributed by atoms with Gasteiger partial charge < -0.3 is 15.4 Å². The van der Waals surface area contributed by atoms with Crippen LogP contribution in [0.1, 0.15) is 46.9 Å². The molecule has 2 rings (SSSR count). The minimum Gasteiger partial charge on any atom is -0.462 e. The van der Waals surface area contributed by atoms with Crippen molar-refractivity contribution in [2.75, 3.05) is 11.9 Å². The van der Waals surface area contributed by atoms with Gasteiger partial charge >= 0.3 is 5.97 Å². The van der Waals surface area contributed by atoms with Gasteiger partial charge in [0.05, 0.1) is 23.2 Å². The molecule has 0 aliphatic carbocycles.